The normalized spacial score (nSPS) is 17.5. The van der Waals surface area contributed by atoms with Crippen molar-refractivity contribution in [3.05, 3.63) is 65.7 Å². The van der Waals surface area contributed by atoms with E-state index in [4.69, 9.17) is 0 Å². The summed E-state index contributed by atoms with van der Waals surface area (Å²) in [6.45, 7) is 1.41. The molecule has 6 heteroatoms. The first-order chi connectivity index (χ1) is 11.9. The average molecular weight is 358 g/mol. The van der Waals surface area contributed by atoms with Crippen LogP contribution in [0.5, 0.6) is 0 Å². The van der Waals surface area contributed by atoms with Gasteiger partial charge in [0.25, 0.3) is 0 Å². The minimum atomic E-state index is -3.10. The molecule has 1 aliphatic rings. The molecule has 2 amide bonds. The Morgan fingerprint density at radius 2 is 1.92 bits per heavy atom. The summed E-state index contributed by atoms with van der Waals surface area (Å²) < 4.78 is 22.8. The van der Waals surface area contributed by atoms with Gasteiger partial charge in [0.05, 0.1) is 5.75 Å². The molecule has 0 aliphatic carbocycles. The molecule has 0 bridgehead atoms. The molecule has 1 N–H and O–H groups in total. The van der Waals surface area contributed by atoms with Crippen molar-refractivity contribution in [2.24, 2.45) is 0 Å². The molecule has 1 fully saturated rings. The Bertz CT molecular complexity index is 850. The van der Waals surface area contributed by atoms with Crippen molar-refractivity contribution >= 4 is 21.6 Å². The van der Waals surface area contributed by atoms with E-state index in [1.807, 2.05) is 18.2 Å². The van der Waals surface area contributed by atoms with Crippen LogP contribution in [-0.2, 0) is 15.6 Å². The minimum absolute atomic E-state index is 0.0312. The molecule has 25 heavy (non-hydrogen) atoms. The highest BCUT2D eigenvalue weighted by molar-refractivity contribution is 7.89. The number of urea groups is 1. The molecular formula is C19H22N2O3S. The van der Waals surface area contributed by atoms with Crippen molar-refractivity contribution in [2.75, 3.05) is 24.7 Å². The Kier molecular flexibility index (Phi) is 5.08. The second-order valence-electron chi connectivity index (χ2n) is 6.54. The zero-order valence-electron chi connectivity index (χ0n) is 14.2. The molecule has 3 rings (SSSR count). The highest BCUT2D eigenvalue weighted by Crippen LogP contribution is 2.27. The van der Waals surface area contributed by atoms with Crippen LogP contribution in [0, 0.1) is 0 Å². The summed E-state index contributed by atoms with van der Waals surface area (Å²) in [5, 5.41) is 2.87. The Morgan fingerprint density at radius 3 is 2.64 bits per heavy atom. The van der Waals surface area contributed by atoms with E-state index < -0.39 is 9.84 Å². The number of carbonyl (C=O) groups is 1. The Hall–Kier alpha value is -2.34. The molecule has 1 aliphatic heterocycles. The largest absolute Gasteiger partial charge is 0.324 e. The zero-order valence-corrected chi connectivity index (χ0v) is 15.0. The summed E-state index contributed by atoms with van der Waals surface area (Å²) in [4.78, 5) is 14.3. The van der Waals surface area contributed by atoms with E-state index in [-0.39, 0.29) is 11.8 Å². The van der Waals surface area contributed by atoms with Gasteiger partial charge in [-0.25, -0.2) is 13.2 Å². The lowest BCUT2D eigenvalue weighted by molar-refractivity contribution is 0.222. The lowest BCUT2D eigenvalue weighted by Gasteiger charge is -2.18. The predicted octanol–water partition coefficient (Wildman–Crippen LogP) is 3.25. The number of anilines is 1. The van der Waals surface area contributed by atoms with Crippen LogP contribution in [-0.4, -0.2) is 38.7 Å². The molecule has 132 valence electrons. The number of benzene rings is 2. The summed E-state index contributed by atoms with van der Waals surface area (Å²) in [6.07, 6.45) is 2.15. The molecule has 2 aromatic carbocycles. The monoisotopic (exact) mass is 358 g/mol. The van der Waals surface area contributed by atoms with Crippen molar-refractivity contribution in [3.8, 4) is 0 Å². The molecule has 1 atom stereocenters. The number of sulfone groups is 1. The SMILES string of the molecule is CS(=O)(=O)Cc1cccc(NC(=O)N2CCC(c3ccccc3)C2)c1. The van der Waals surface area contributed by atoms with Gasteiger partial charge in [-0.2, -0.15) is 0 Å². The molecule has 0 saturated carbocycles. The number of hydrogen-bond acceptors (Lipinski definition) is 3. The van der Waals surface area contributed by atoms with Gasteiger partial charge in [-0.3, -0.25) is 0 Å². The van der Waals surface area contributed by atoms with Crippen molar-refractivity contribution < 1.29 is 13.2 Å². The number of nitrogens with zero attached hydrogens (tertiary/aromatic N) is 1. The minimum Gasteiger partial charge on any atom is -0.324 e. The Balaban J connectivity index is 1.62. The smallest absolute Gasteiger partial charge is 0.321 e. The van der Waals surface area contributed by atoms with Gasteiger partial charge in [-0.1, -0.05) is 42.5 Å². The van der Waals surface area contributed by atoms with Gasteiger partial charge in [0.15, 0.2) is 9.84 Å². The van der Waals surface area contributed by atoms with Crippen molar-refractivity contribution in [1.29, 1.82) is 0 Å². The lowest BCUT2D eigenvalue weighted by atomic mass is 9.99. The van der Waals surface area contributed by atoms with Gasteiger partial charge >= 0.3 is 6.03 Å². The van der Waals surface area contributed by atoms with E-state index in [1.54, 1.807) is 29.2 Å². The van der Waals surface area contributed by atoms with Gasteiger partial charge in [-0.05, 0) is 29.7 Å². The summed E-state index contributed by atoms with van der Waals surface area (Å²) in [5.74, 6) is 0.333. The maximum absolute atomic E-state index is 12.5. The maximum Gasteiger partial charge on any atom is 0.321 e. The first-order valence-corrected chi connectivity index (χ1v) is 10.3. The second kappa shape index (κ2) is 7.27. The van der Waals surface area contributed by atoms with E-state index in [0.717, 1.165) is 6.42 Å². The van der Waals surface area contributed by atoms with Gasteiger partial charge in [0, 0.05) is 31.0 Å². The zero-order chi connectivity index (χ0) is 17.9. The number of hydrogen-bond donors (Lipinski definition) is 1. The van der Waals surface area contributed by atoms with Crippen LogP contribution in [0.2, 0.25) is 0 Å². The third-order valence-corrected chi connectivity index (χ3v) is 5.21. The molecule has 2 aromatic rings. The summed E-state index contributed by atoms with van der Waals surface area (Å²) in [5.41, 5.74) is 2.55. The van der Waals surface area contributed by atoms with Crippen molar-refractivity contribution in [3.63, 3.8) is 0 Å². The summed E-state index contributed by atoms with van der Waals surface area (Å²) in [6, 6.07) is 17.1. The van der Waals surface area contributed by atoms with Crippen LogP contribution in [0.4, 0.5) is 10.5 Å². The Morgan fingerprint density at radius 1 is 1.16 bits per heavy atom. The standard InChI is InChI=1S/C19H22N2O3S/c1-25(23,24)14-15-6-5-9-18(12-15)20-19(22)21-11-10-17(13-21)16-7-3-2-4-8-16/h2-9,12,17H,10-11,13-14H2,1H3,(H,20,22). The van der Waals surface area contributed by atoms with E-state index in [9.17, 15) is 13.2 Å². The van der Waals surface area contributed by atoms with Gasteiger partial charge in [-0.15, -0.1) is 0 Å². The van der Waals surface area contributed by atoms with Crippen LogP contribution in [0.25, 0.3) is 0 Å². The highest BCUT2D eigenvalue weighted by Gasteiger charge is 2.27. The second-order valence-corrected chi connectivity index (χ2v) is 8.68. The molecule has 1 saturated heterocycles. The molecule has 0 aromatic heterocycles. The van der Waals surface area contributed by atoms with E-state index in [1.165, 1.54) is 11.8 Å². The molecule has 0 spiro atoms. The van der Waals surface area contributed by atoms with Gasteiger partial charge < -0.3 is 10.2 Å². The first kappa shape index (κ1) is 17.5. The molecule has 0 radical (unpaired) electrons. The van der Waals surface area contributed by atoms with Crippen LogP contribution in [0.15, 0.2) is 54.6 Å². The molecule has 1 unspecified atom stereocenters. The van der Waals surface area contributed by atoms with Crippen molar-refractivity contribution in [2.45, 2.75) is 18.1 Å². The quantitative estimate of drug-likeness (QED) is 0.912. The lowest BCUT2D eigenvalue weighted by Crippen LogP contribution is -2.32. The summed E-state index contributed by atoms with van der Waals surface area (Å²) >= 11 is 0. The first-order valence-electron chi connectivity index (χ1n) is 8.28. The number of nitrogens with one attached hydrogen (secondary N) is 1. The van der Waals surface area contributed by atoms with Gasteiger partial charge in [0.2, 0.25) is 0 Å². The molecular weight excluding hydrogens is 336 g/mol. The maximum atomic E-state index is 12.5. The van der Waals surface area contributed by atoms with Crippen LogP contribution in [0.1, 0.15) is 23.5 Å². The van der Waals surface area contributed by atoms with E-state index >= 15 is 0 Å². The fourth-order valence-electron chi connectivity index (χ4n) is 3.19. The van der Waals surface area contributed by atoms with Crippen LogP contribution >= 0.6 is 0 Å². The van der Waals surface area contributed by atoms with Crippen LogP contribution < -0.4 is 5.32 Å². The Labute approximate surface area is 148 Å². The average Bonchev–Trinajstić information content (AvgIpc) is 3.04. The van der Waals surface area contributed by atoms with Crippen LogP contribution in [0.3, 0.4) is 0 Å². The van der Waals surface area contributed by atoms with E-state index in [2.05, 4.69) is 17.4 Å². The molecule has 5 nitrogen and oxygen atoms in total. The topological polar surface area (TPSA) is 66.5 Å². The predicted molar refractivity (Wildman–Crippen MR) is 99.4 cm³/mol. The molecule has 1 heterocycles. The number of amides is 2. The third-order valence-electron chi connectivity index (χ3n) is 4.35. The van der Waals surface area contributed by atoms with E-state index in [0.29, 0.717) is 30.3 Å². The fraction of sp³-hybridized carbons (Fsp3) is 0.316. The van der Waals surface area contributed by atoms with Crippen molar-refractivity contribution in [1.82, 2.24) is 4.90 Å². The van der Waals surface area contributed by atoms with Gasteiger partial charge in [0.1, 0.15) is 0 Å². The third kappa shape index (κ3) is 4.82. The summed E-state index contributed by atoms with van der Waals surface area (Å²) in [7, 11) is -3.10. The fourth-order valence-corrected chi connectivity index (χ4v) is 3.97. The number of carbonyl (C=O) groups excluding carboxylic acids is 1. The highest BCUT2D eigenvalue weighted by atomic mass is 32.2. The number of rotatable bonds is 4. The number of likely N-dealkylation sites (tertiary alicyclic amines) is 1.